The van der Waals surface area contributed by atoms with Crippen molar-refractivity contribution in [3.8, 4) is 0 Å². The van der Waals surface area contributed by atoms with E-state index in [0.29, 0.717) is 0 Å². The molecule has 1 aliphatic heterocycles. The highest BCUT2D eigenvalue weighted by Gasteiger charge is 2.34. The molecule has 2 nitrogen and oxygen atoms in total. The summed E-state index contributed by atoms with van der Waals surface area (Å²) in [4.78, 5) is 2.97. The predicted molar refractivity (Wildman–Crippen MR) is 82.8 cm³/mol. The fourth-order valence-electron chi connectivity index (χ4n) is 3.77. The molecule has 3 unspecified atom stereocenters. The highest BCUT2D eigenvalue weighted by atomic mass is 32.1. The normalized spacial score (nSPS) is 31.2. The van der Waals surface area contributed by atoms with Gasteiger partial charge in [-0.2, -0.15) is 0 Å². The lowest BCUT2D eigenvalue weighted by molar-refractivity contribution is 0.320. The lowest BCUT2D eigenvalue weighted by Crippen LogP contribution is -2.41. The van der Waals surface area contributed by atoms with Crippen LogP contribution in [0.1, 0.15) is 47.4 Å². The average molecular weight is 278 g/mol. The summed E-state index contributed by atoms with van der Waals surface area (Å²) in [5.41, 5.74) is 1.45. The monoisotopic (exact) mass is 278 g/mol. The van der Waals surface area contributed by atoms with Crippen LogP contribution in [0.5, 0.6) is 0 Å². The third kappa shape index (κ3) is 3.04. The summed E-state index contributed by atoms with van der Waals surface area (Å²) in [7, 11) is 0. The Kier molecular flexibility index (Phi) is 4.25. The van der Waals surface area contributed by atoms with Crippen molar-refractivity contribution in [2.75, 3.05) is 6.54 Å². The first-order chi connectivity index (χ1) is 9.24. The van der Waals surface area contributed by atoms with Crippen LogP contribution >= 0.6 is 11.3 Å². The largest absolute Gasteiger partial charge is 0.314 e. The van der Waals surface area contributed by atoms with Gasteiger partial charge in [-0.15, -0.1) is 11.3 Å². The van der Waals surface area contributed by atoms with E-state index in [9.17, 15) is 0 Å². The van der Waals surface area contributed by atoms with E-state index in [-0.39, 0.29) is 0 Å². The Morgan fingerprint density at radius 2 is 2.16 bits per heavy atom. The quantitative estimate of drug-likeness (QED) is 0.882. The van der Waals surface area contributed by atoms with Gasteiger partial charge in [0.15, 0.2) is 0 Å². The molecule has 1 saturated carbocycles. The molecular formula is C16H26N2S. The molecule has 0 radical (unpaired) electrons. The van der Waals surface area contributed by atoms with Gasteiger partial charge in [0.25, 0.3) is 0 Å². The number of aryl methyl sites for hydroxylation is 2. The molecule has 2 heterocycles. The summed E-state index contributed by atoms with van der Waals surface area (Å²) in [5.74, 6) is 0.865. The summed E-state index contributed by atoms with van der Waals surface area (Å²) in [6.45, 7) is 6.74. The van der Waals surface area contributed by atoms with Gasteiger partial charge in [-0.3, -0.25) is 0 Å². The number of thiophene rings is 1. The van der Waals surface area contributed by atoms with Crippen molar-refractivity contribution in [3.05, 3.63) is 21.4 Å². The van der Waals surface area contributed by atoms with Crippen molar-refractivity contribution >= 4 is 11.3 Å². The minimum atomic E-state index is 0.735. The molecule has 1 saturated heterocycles. The maximum Gasteiger partial charge on any atom is 0.0302 e. The Bertz CT molecular complexity index is 401. The summed E-state index contributed by atoms with van der Waals surface area (Å²) in [6, 6.07) is 3.87. The number of nitrogens with one attached hydrogen (secondary N) is 2. The van der Waals surface area contributed by atoms with E-state index >= 15 is 0 Å². The van der Waals surface area contributed by atoms with Crippen LogP contribution in [0.2, 0.25) is 0 Å². The zero-order valence-corrected chi connectivity index (χ0v) is 13.0. The summed E-state index contributed by atoms with van der Waals surface area (Å²) < 4.78 is 0. The second-order valence-electron chi connectivity index (χ2n) is 6.24. The maximum atomic E-state index is 3.84. The average Bonchev–Trinajstić information content (AvgIpc) is 3.09. The molecule has 3 rings (SSSR count). The van der Waals surface area contributed by atoms with Crippen LogP contribution in [-0.4, -0.2) is 18.6 Å². The van der Waals surface area contributed by atoms with Crippen LogP contribution in [0.4, 0.5) is 0 Å². The van der Waals surface area contributed by atoms with E-state index in [1.807, 2.05) is 11.3 Å². The fraction of sp³-hybridized carbons (Fsp3) is 0.750. The van der Waals surface area contributed by atoms with Crippen LogP contribution in [0.15, 0.2) is 6.07 Å². The van der Waals surface area contributed by atoms with Gasteiger partial charge in [-0.25, -0.2) is 0 Å². The topological polar surface area (TPSA) is 24.1 Å². The number of hydrogen-bond acceptors (Lipinski definition) is 3. The second kappa shape index (κ2) is 5.94. The van der Waals surface area contributed by atoms with Crippen LogP contribution in [0.25, 0.3) is 0 Å². The van der Waals surface area contributed by atoms with E-state index in [1.54, 1.807) is 0 Å². The number of rotatable bonds is 4. The van der Waals surface area contributed by atoms with Crippen molar-refractivity contribution in [3.63, 3.8) is 0 Å². The molecule has 0 aromatic carbocycles. The van der Waals surface area contributed by atoms with Gasteiger partial charge in [0.1, 0.15) is 0 Å². The molecule has 1 aromatic rings. The van der Waals surface area contributed by atoms with Gasteiger partial charge >= 0.3 is 0 Å². The zero-order valence-electron chi connectivity index (χ0n) is 12.2. The first-order valence-electron chi connectivity index (χ1n) is 7.77. The Hall–Kier alpha value is -0.380. The molecule has 3 heteroatoms. The smallest absolute Gasteiger partial charge is 0.0302 e. The van der Waals surface area contributed by atoms with Crippen molar-refractivity contribution in [1.82, 2.24) is 10.6 Å². The molecule has 1 aliphatic carbocycles. The molecule has 19 heavy (non-hydrogen) atoms. The van der Waals surface area contributed by atoms with Crippen LogP contribution in [-0.2, 0) is 6.54 Å². The minimum absolute atomic E-state index is 0.735. The lowest BCUT2D eigenvalue weighted by Gasteiger charge is -2.26. The molecule has 0 bridgehead atoms. The van der Waals surface area contributed by atoms with Crippen LogP contribution < -0.4 is 10.6 Å². The van der Waals surface area contributed by atoms with E-state index in [2.05, 4.69) is 30.5 Å². The minimum Gasteiger partial charge on any atom is -0.314 e. The van der Waals surface area contributed by atoms with E-state index in [0.717, 1.165) is 24.5 Å². The molecule has 2 aliphatic rings. The van der Waals surface area contributed by atoms with Gasteiger partial charge in [-0.1, -0.05) is 6.42 Å². The third-order valence-corrected chi connectivity index (χ3v) is 6.09. The first kappa shape index (κ1) is 13.6. The van der Waals surface area contributed by atoms with Gasteiger partial charge in [0.2, 0.25) is 0 Å². The first-order valence-corrected chi connectivity index (χ1v) is 8.58. The summed E-state index contributed by atoms with van der Waals surface area (Å²) in [6.07, 6.45) is 6.95. The zero-order chi connectivity index (χ0) is 13.2. The Morgan fingerprint density at radius 1 is 1.26 bits per heavy atom. The molecule has 0 spiro atoms. The van der Waals surface area contributed by atoms with Crippen LogP contribution in [0.3, 0.4) is 0 Å². The molecule has 1 aromatic heterocycles. The molecule has 0 amide bonds. The van der Waals surface area contributed by atoms with Crippen molar-refractivity contribution in [2.24, 2.45) is 5.92 Å². The van der Waals surface area contributed by atoms with Gasteiger partial charge in [0.05, 0.1) is 0 Å². The predicted octanol–water partition coefficient (Wildman–Crippen LogP) is 3.38. The Morgan fingerprint density at radius 3 is 2.84 bits per heavy atom. The van der Waals surface area contributed by atoms with Crippen molar-refractivity contribution in [1.29, 1.82) is 0 Å². The number of hydrogen-bond donors (Lipinski definition) is 2. The molecule has 106 valence electrons. The van der Waals surface area contributed by atoms with Gasteiger partial charge < -0.3 is 10.6 Å². The maximum absolute atomic E-state index is 3.84. The van der Waals surface area contributed by atoms with Gasteiger partial charge in [-0.05, 0) is 63.6 Å². The molecular weight excluding hydrogens is 252 g/mol. The third-order valence-electron chi connectivity index (χ3n) is 4.94. The van der Waals surface area contributed by atoms with E-state index in [1.165, 1.54) is 54.0 Å². The van der Waals surface area contributed by atoms with Crippen molar-refractivity contribution < 1.29 is 0 Å². The highest BCUT2D eigenvalue weighted by Crippen LogP contribution is 2.32. The Labute approximate surface area is 121 Å². The standard InChI is InChI=1S/C16H26N2S/c1-11-9-13(19-12(11)2)10-18-16-6-3-5-14(16)15-7-4-8-17-15/h9,14-18H,3-8,10H2,1-2H3. The van der Waals surface area contributed by atoms with Gasteiger partial charge in [0, 0.05) is 28.4 Å². The second-order valence-corrected chi connectivity index (χ2v) is 7.58. The Balaban J connectivity index is 1.56. The van der Waals surface area contributed by atoms with Crippen molar-refractivity contribution in [2.45, 2.75) is 64.6 Å². The highest BCUT2D eigenvalue weighted by molar-refractivity contribution is 7.12. The molecule has 3 atom stereocenters. The SMILES string of the molecule is Cc1cc(CNC2CCCC2C2CCCN2)sc1C. The van der Waals surface area contributed by atoms with E-state index < -0.39 is 0 Å². The molecule has 2 N–H and O–H groups in total. The fourth-order valence-corrected chi connectivity index (χ4v) is 4.77. The van der Waals surface area contributed by atoms with E-state index in [4.69, 9.17) is 0 Å². The summed E-state index contributed by atoms with van der Waals surface area (Å²) >= 11 is 1.95. The lowest BCUT2D eigenvalue weighted by atomic mass is 9.93. The summed E-state index contributed by atoms with van der Waals surface area (Å²) in [5, 5.41) is 7.54. The molecule has 2 fully saturated rings. The van der Waals surface area contributed by atoms with Crippen LogP contribution in [0, 0.1) is 19.8 Å².